The number of pyridine rings is 1. The van der Waals surface area contributed by atoms with Gasteiger partial charge in [-0.2, -0.15) is 0 Å². The predicted octanol–water partition coefficient (Wildman–Crippen LogP) is 2.40. The van der Waals surface area contributed by atoms with Crippen molar-refractivity contribution in [3.63, 3.8) is 0 Å². The van der Waals surface area contributed by atoms with Gasteiger partial charge in [-0.3, -0.25) is 5.41 Å². The lowest BCUT2D eigenvalue weighted by atomic mass is 10.1. The fraction of sp³-hybridized carbons (Fsp3) is 0.333. The lowest BCUT2D eigenvalue weighted by Gasteiger charge is -2.23. The minimum Gasteiger partial charge on any atom is -0.496 e. The summed E-state index contributed by atoms with van der Waals surface area (Å²) < 4.78 is 5.39. The van der Waals surface area contributed by atoms with Gasteiger partial charge < -0.3 is 15.4 Å². The van der Waals surface area contributed by atoms with E-state index in [-0.39, 0.29) is 5.84 Å². The van der Waals surface area contributed by atoms with E-state index in [0.717, 1.165) is 28.9 Å². The van der Waals surface area contributed by atoms with Gasteiger partial charge >= 0.3 is 0 Å². The van der Waals surface area contributed by atoms with E-state index in [0.29, 0.717) is 13.0 Å². The van der Waals surface area contributed by atoms with Crippen molar-refractivity contribution in [1.82, 2.24) is 4.98 Å². The first kappa shape index (κ1) is 14.1. The van der Waals surface area contributed by atoms with E-state index in [1.54, 1.807) is 13.3 Å². The lowest BCUT2D eigenvalue weighted by Crippen LogP contribution is -2.28. The van der Waals surface area contributed by atoms with Gasteiger partial charge in [0.15, 0.2) is 0 Å². The van der Waals surface area contributed by atoms with Crippen molar-refractivity contribution in [3.05, 3.63) is 30.5 Å². The van der Waals surface area contributed by atoms with Crippen LogP contribution >= 0.6 is 0 Å². The molecule has 1 aromatic heterocycles. The minimum absolute atomic E-state index is 0.196. The molecule has 0 bridgehead atoms. The predicted molar refractivity (Wildman–Crippen MR) is 82.7 cm³/mol. The molecule has 0 unspecified atom stereocenters. The molecule has 0 saturated carbocycles. The Bertz CT molecular complexity index is 612. The fourth-order valence-corrected chi connectivity index (χ4v) is 2.26. The van der Waals surface area contributed by atoms with E-state index in [1.165, 1.54) is 0 Å². The van der Waals surface area contributed by atoms with Crippen LogP contribution in [0.3, 0.4) is 0 Å². The Labute approximate surface area is 118 Å². The highest BCUT2D eigenvalue weighted by Crippen LogP contribution is 2.30. The van der Waals surface area contributed by atoms with Gasteiger partial charge in [0.25, 0.3) is 0 Å². The van der Waals surface area contributed by atoms with E-state index in [1.807, 2.05) is 24.3 Å². The number of hydrogen-bond acceptors (Lipinski definition) is 4. The van der Waals surface area contributed by atoms with Gasteiger partial charge in [0.2, 0.25) is 0 Å². The Balaban J connectivity index is 2.44. The zero-order valence-electron chi connectivity index (χ0n) is 11.9. The summed E-state index contributed by atoms with van der Waals surface area (Å²) in [6.07, 6.45) is 2.33. The van der Waals surface area contributed by atoms with E-state index in [4.69, 9.17) is 15.9 Å². The Hall–Kier alpha value is -2.30. The number of nitrogens with one attached hydrogen (secondary N) is 1. The molecular formula is C15H20N4O. The fourth-order valence-electron chi connectivity index (χ4n) is 2.26. The average Bonchev–Trinajstić information content (AvgIpc) is 2.47. The topological polar surface area (TPSA) is 75.2 Å². The quantitative estimate of drug-likeness (QED) is 0.625. The van der Waals surface area contributed by atoms with Crippen LogP contribution in [0.4, 0.5) is 5.82 Å². The second-order valence-corrected chi connectivity index (χ2v) is 4.54. The smallest absolute Gasteiger partial charge is 0.136 e. The zero-order valence-corrected chi connectivity index (χ0v) is 11.9. The maximum atomic E-state index is 7.36. The average molecular weight is 272 g/mol. The van der Waals surface area contributed by atoms with Crippen LogP contribution in [-0.4, -0.2) is 31.0 Å². The molecule has 0 fully saturated rings. The number of hydrogen-bond donors (Lipinski definition) is 2. The second-order valence-electron chi connectivity index (χ2n) is 4.54. The maximum Gasteiger partial charge on any atom is 0.136 e. The Morgan fingerprint density at radius 1 is 1.35 bits per heavy atom. The molecule has 2 aromatic rings. The summed E-state index contributed by atoms with van der Waals surface area (Å²) in [5.41, 5.74) is 5.45. The first-order valence-electron chi connectivity index (χ1n) is 6.67. The molecule has 5 nitrogen and oxygen atoms in total. The summed E-state index contributed by atoms with van der Waals surface area (Å²) in [5.74, 6) is 1.94. The van der Waals surface area contributed by atoms with Gasteiger partial charge in [-0.1, -0.05) is 12.1 Å². The molecule has 2 rings (SSSR count). The number of benzene rings is 1. The minimum atomic E-state index is 0.196. The second kappa shape index (κ2) is 6.23. The van der Waals surface area contributed by atoms with Gasteiger partial charge in [-0.05, 0) is 19.1 Å². The van der Waals surface area contributed by atoms with E-state index in [9.17, 15) is 0 Å². The summed E-state index contributed by atoms with van der Waals surface area (Å²) in [4.78, 5) is 6.62. The van der Waals surface area contributed by atoms with Crippen molar-refractivity contribution < 1.29 is 4.74 Å². The Morgan fingerprint density at radius 3 is 2.80 bits per heavy atom. The number of ether oxygens (including phenoxy) is 1. The maximum absolute atomic E-state index is 7.36. The van der Waals surface area contributed by atoms with Crippen LogP contribution in [0.2, 0.25) is 0 Å². The summed E-state index contributed by atoms with van der Waals surface area (Å²) >= 11 is 0. The molecule has 106 valence electrons. The summed E-state index contributed by atoms with van der Waals surface area (Å²) in [6.45, 7) is 3.58. The molecule has 1 heterocycles. The highest BCUT2D eigenvalue weighted by atomic mass is 16.5. The third kappa shape index (κ3) is 2.82. The first-order valence-corrected chi connectivity index (χ1v) is 6.67. The van der Waals surface area contributed by atoms with Crippen LogP contribution in [0, 0.1) is 5.41 Å². The number of rotatable bonds is 6. The number of fused-ring (bicyclic) bond motifs is 1. The highest BCUT2D eigenvalue weighted by Gasteiger charge is 2.12. The van der Waals surface area contributed by atoms with Gasteiger partial charge in [0.05, 0.1) is 12.9 Å². The summed E-state index contributed by atoms with van der Waals surface area (Å²) in [5, 5.41) is 9.46. The Kier molecular flexibility index (Phi) is 4.40. The molecule has 0 aliphatic heterocycles. The lowest BCUT2D eigenvalue weighted by molar-refractivity contribution is 0.420. The number of methoxy groups -OCH3 is 1. The van der Waals surface area contributed by atoms with Crippen LogP contribution in [0.25, 0.3) is 10.8 Å². The van der Waals surface area contributed by atoms with Gasteiger partial charge in [0.1, 0.15) is 11.6 Å². The van der Waals surface area contributed by atoms with Crippen molar-refractivity contribution in [2.45, 2.75) is 13.3 Å². The molecule has 20 heavy (non-hydrogen) atoms. The van der Waals surface area contributed by atoms with Gasteiger partial charge in [0, 0.05) is 36.5 Å². The molecule has 0 aliphatic rings. The third-order valence-electron chi connectivity index (χ3n) is 3.30. The van der Waals surface area contributed by atoms with Crippen molar-refractivity contribution in [3.8, 4) is 5.75 Å². The van der Waals surface area contributed by atoms with Crippen molar-refractivity contribution in [1.29, 1.82) is 5.41 Å². The summed E-state index contributed by atoms with van der Waals surface area (Å²) in [7, 11) is 1.67. The van der Waals surface area contributed by atoms with E-state index >= 15 is 0 Å². The molecule has 5 heteroatoms. The SMILES string of the molecule is CCN(CCC(=N)N)c1nccc2c(OC)cccc12. The van der Waals surface area contributed by atoms with Crippen LogP contribution in [0.15, 0.2) is 30.5 Å². The summed E-state index contributed by atoms with van der Waals surface area (Å²) in [6, 6.07) is 7.90. The van der Waals surface area contributed by atoms with Crippen molar-refractivity contribution in [2.75, 3.05) is 25.1 Å². The highest BCUT2D eigenvalue weighted by molar-refractivity contribution is 5.96. The molecule has 0 saturated heterocycles. The number of amidine groups is 1. The molecule has 3 N–H and O–H groups in total. The molecule has 0 radical (unpaired) electrons. The molecule has 0 atom stereocenters. The van der Waals surface area contributed by atoms with Crippen LogP contribution in [0.1, 0.15) is 13.3 Å². The van der Waals surface area contributed by atoms with Crippen molar-refractivity contribution in [2.24, 2.45) is 5.73 Å². The molecular weight excluding hydrogens is 252 g/mol. The number of nitrogens with zero attached hydrogens (tertiary/aromatic N) is 2. The largest absolute Gasteiger partial charge is 0.496 e. The number of aromatic nitrogens is 1. The van der Waals surface area contributed by atoms with Crippen LogP contribution in [-0.2, 0) is 0 Å². The Morgan fingerprint density at radius 2 is 2.15 bits per heavy atom. The first-order chi connectivity index (χ1) is 9.67. The third-order valence-corrected chi connectivity index (χ3v) is 3.30. The standard InChI is InChI=1S/C15H20N4O/c1-3-19(10-8-14(16)17)15-12-5-4-6-13(20-2)11(12)7-9-18-15/h4-7,9H,3,8,10H2,1-2H3,(H3,16,17). The van der Waals surface area contributed by atoms with Gasteiger partial charge in [-0.25, -0.2) is 4.98 Å². The molecule has 1 aromatic carbocycles. The normalized spacial score (nSPS) is 10.5. The van der Waals surface area contributed by atoms with Gasteiger partial charge in [-0.15, -0.1) is 0 Å². The van der Waals surface area contributed by atoms with Crippen LogP contribution < -0.4 is 15.4 Å². The van der Waals surface area contributed by atoms with Crippen LogP contribution in [0.5, 0.6) is 5.75 Å². The zero-order chi connectivity index (χ0) is 14.5. The van der Waals surface area contributed by atoms with E-state index < -0.39 is 0 Å². The number of nitrogens with two attached hydrogens (primary N) is 1. The van der Waals surface area contributed by atoms with E-state index in [2.05, 4.69) is 16.8 Å². The van der Waals surface area contributed by atoms with Crippen molar-refractivity contribution >= 4 is 22.4 Å². The monoisotopic (exact) mass is 272 g/mol. The number of anilines is 1. The molecule has 0 spiro atoms. The molecule has 0 amide bonds. The molecule has 0 aliphatic carbocycles.